The molecule has 9 heteroatoms. The molecule has 0 saturated heterocycles. The molecule has 3 aromatic carbocycles. The zero-order chi connectivity index (χ0) is 26.5. The van der Waals surface area contributed by atoms with Crippen LogP contribution in [0.3, 0.4) is 0 Å². The number of rotatable bonds is 9. The van der Waals surface area contributed by atoms with Crippen LogP contribution in [0.25, 0.3) is 24.3 Å². The van der Waals surface area contributed by atoms with Gasteiger partial charge in [-0.05, 0) is 22.8 Å². The van der Waals surface area contributed by atoms with Gasteiger partial charge in [0.05, 0.1) is 7.11 Å². The quantitative estimate of drug-likeness (QED) is 0.206. The van der Waals surface area contributed by atoms with Crippen molar-refractivity contribution >= 4 is 24.3 Å². The Bertz CT molecular complexity index is 1210. The summed E-state index contributed by atoms with van der Waals surface area (Å²) >= 11 is 0. The Hall–Kier alpha value is -3.62. The summed E-state index contributed by atoms with van der Waals surface area (Å²) in [4.78, 5) is 0. The Morgan fingerprint density at radius 1 is 0.583 bits per heavy atom. The maximum atomic E-state index is 13.4. The van der Waals surface area contributed by atoms with Gasteiger partial charge in [-0.25, -0.2) is 17.6 Å². The molecule has 3 aromatic rings. The molecule has 0 aromatic heterocycles. The summed E-state index contributed by atoms with van der Waals surface area (Å²) in [5, 5.41) is 0. The van der Waals surface area contributed by atoms with E-state index in [0.29, 0.717) is 28.0 Å². The van der Waals surface area contributed by atoms with Crippen molar-refractivity contribution in [3.63, 3.8) is 0 Å². The first-order valence-corrected chi connectivity index (χ1v) is 10.5. The predicted octanol–water partition coefficient (Wildman–Crippen LogP) is 8.75. The van der Waals surface area contributed by atoms with Gasteiger partial charge in [-0.15, -0.1) is 0 Å². The van der Waals surface area contributed by atoms with Gasteiger partial charge in [0.25, 0.3) is 0 Å². The molecule has 0 aliphatic carbocycles. The minimum absolute atomic E-state index is 0.473. The second kappa shape index (κ2) is 11.0. The molecule has 0 atom stereocenters. The second-order valence-electron chi connectivity index (χ2n) is 7.76. The van der Waals surface area contributed by atoms with Crippen molar-refractivity contribution in [1.82, 2.24) is 0 Å². The summed E-state index contributed by atoms with van der Waals surface area (Å²) in [6, 6.07) is 14.1. The van der Waals surface area contributed by atoms with Gasteiger partial charge in [-0.2, -0.15) is 17.6 Å². The Morgan fingerprint density at radius 3 is 1.39 bits per heavy atom. The molecular weight excluding hydrogens is 492 g/mol. The zero-order valence-electron chi connectivity index (χ0n) is 18.7. The number of halogens is 8. The van der Waals surface area contributed by atoms with Gasteiger partial charge in [0.15, 0.2) is 0 Å². The Labute approximate surface area is 202 Å². The lowest BCUT2D eigenvalue weighted by molar-refractivity contribution is -0.135. The molecular formula is C27H20F8O. The van der Waals surface area contributed by atoms with E-state index < -0.39 is 35.8 Å². The fraction of sp³-hybridized carbons (Fsp3) is 0.185. The highest BCUT2D eigenvalue weighted by Crippen LogP contribution is 2.35. The lowest BCUT2D eigenvalue weighted by Gasteiger charge is -2.15. The predicted molar refractivity (Wildman–Crippen MR) is 124 cm³/mol. The summed E-state index contributed by atoms with van der Waals surface area (Å²) in [6.07, 6.45) is -1.04. The van der Waals surface area contributed by atoms with Gasteiger partial charge in [-0.1, -0.05) is 85.0 Å². The van der Waals surface area contributed by atoms with Crippen LogP contribution in [0.5, 0.6) is 5.75 Å². The molecule has 0 aliphatic heterocycles. The molecule has 190 valence electrons. The zero-order valence-corrected chi connectivity index (χ0v) is 18.7. The van der Waals surface area contributed by atoms with E-state index >= 15 is 0 Å². The molecule has 0 heterocycles. The largest absolute Gasteiger partial charge is 0.496 e. The van der Waals surface area contributed by atoms with Gasteiger partial charge in [0, 0.05) is 16.7 Å². The highest BCUT2D eigenvalue weighted by molar-refractivity contribution is 5.76. The Morgan fingerprint density at radius 2 is 0.972 bits per heavy atom. The lowest BCUT2D eigenvalue weighted by Crippen LogP contribution is -2.23. The van der Waals surface area contributed by atoms with Crippen LogP contribution < -0.4 is 4.74 Å². The summed E-state index contributed by atoms with van der Waals surface area (Å²) in [5.74, 6) is -7.98. The molecule has 0 N–H and O–H groups in total. The van der Waals surface area contributed by atoms with E-state index in [0.717, 1.165) is 24.3 Å². The van der Waals surface area contributed by atoms with Crippen LogP contribution in [-0.4, -0.2) is 20.0 Å². The number of benzene rings is 3. The molecule has 0 amide bonds. The third kappa shape index (κ3) is 6.13. The van der Waals surface area contributed by atoms with Gasteiger partial charge >= 0.3 is 24.7 Å². The third-order valence-electron chi connectivity index (χ3n) is 5.32. The van der Waals surface area contributed by atoms with E-state index in [2.05, 4.69) is 0 Å². The molecule has 3 rings (SSSR count). The minimum Gasteiger partial charge on any atom is -0.496 e. The van der Waals surface area contributed by atoms with E-state index in [1.165, 1.54) is 31.4 Å². The van der Waals surface area contributed by atoms with Crippen LogP contribution >= 0.6 is 0 Å². The van der Waals surface area contributed by atoms with E-state index in [1.807, 2.05) is 0 Å². The average molecular weight is 512 g/mol. The van der Waals surface area contributed by atoms with Gasteiger partial charge < -0.3 is 4.74 Å². The highest BCUT2D eigenvalue weighted by Gasteiger charge is 2.43. The van der Waals surface area contributed by atoms with Crippen molar-refractivity contribution in [2.75, 3.05) is 7.11 Å². The van der Waals surface area contributed by atoms with E-state index in [4.69, 9.17) is 4.74 Å². The average Bonchev–Trinajstić information content (AvgIpc) is 2.86. The van der Waals surface area contributed by atoms with Crippen molar-refractivity contribution in [3.8, 4) is 5.75 Å². The summed E-state index contributed by atoms with van der Waals surface area (Å²) < 4.78 is 109. The maximum Gasteiger partial charge on any atom is 0.332 e. The standard InChI is InChI=1S/C27H20F8O/c1-36-23-16-19(3-2-17-6-12-21(13-7-17)26(32,33)24(28)29)5-11-20(23)10-4-18-8-14-22(15-9-18)27(34,35)25(30)31/h2-16,24-25H,1H3/b3-2+,10-4+. The van der Waals surface area contributed by atoms with Crippen LogP contribution in [-0.2, 0) is 11.8 Å². The topological polar surface area (TPSA) is 9.23 Å². The number of alkyl halides is 8. The van der Waals surface area contributed by atoms with Crippen LogP contribution in [0.4, 0.5) is 35.1 Å². The van der Waals surface area contributed by atoms with Crippen LogP contribution in [0, 0.1) is 0 Å². The van der Waals surface area contributed by atoms with Gasteiger partial charge in [0.2, 0.25) is 0 Å². The number of hydrogen-bond acceptors (Lipinski definition) is 1. The molecule has 0 saturated carbocycles. The molecule has 0 unspecified atom stereocenters. The van der Waals surface area contributed by atoms with Gasteiger partial charge in [0.1, 0.15) is 5.75 Å². The summed E-state index contributed by atoms with van der Waals surface area (Å²) in [6.45, 7) is 0. The first-order valence-electron chi connectivity index (χ1n) is 10.5. The molecule has 0 radical (unpaired) electrons. The normalized spacial score (nSPS) is 12.9. The first kappa shape index (κ1) is 27.0. The molecule has 0 fully saturated rings. The SMILES string of the molecule is COc1cc(/C=C/c2ccc(C(F)(F)C(F)F)cc2)ccc1/C=C/c1ccc(C(F)(F)C(F)F)cc1. The van der Waals surface area contributed by atoms with Crippen molar-refractivity contribution in [1.29, 1.82) is 0 Å². The number of hydrogen-bond donors (Lipinski definition) is 0. The van der Waals surface area contributed by atoms with Crippen molar-refractivity contribution in [2.24, 2.45) is 0 Å². The van der Waals surface area contributed by atoms with Crippen molar-refractivity contribution in [2.45, 2.75) is 24.7 Å². The minimum atomic E-state index is -4.23. The molecule has 36 heavy (non-hydrogen) atoms. The van der Waals surface area contributed by atoms with E-state index in [1.54, 1.807) is 42.5 Å². The fourth-order valence-corrected chi connectivity index (χ4v) is 3.23. The van der Waals surface area contributed by atoms with E-state index in [9.17, 15) is 35.1 Å². The summed E-state index contributed by atoms with van der Waals surface area (Å²) in [5.41, 5.74) is 0.827. The van der Waals surface area contributed by atoms with Gasteiger partial charge in [-0.3, -0.25) is 0 Å². The molecule has 0 bridgehead atoms. The van der Waals surface area contributed by atoms with Crippen LogP contribution in [0.15, 0.2) is 66.7 Å². The maximum absolute atomic E-state index is 13.4. The Balaban J connectivity index is 1.73. The number of ether oxygens (including phenoxy) is 1. The monoisotopic (exact) mass is 512 g/mol. The molecule has 0 aliphatic rings. The molecule has 1 nitrogen and oxygen atoms in total. The highest BCUT2D eigenvalue weighted by atomic mass is 19.3. The first-order chi connectivity index (χ1) is 16.9. The molecule has 0 spiro atoms. The second-order valence-corrected chi connectivity index (χ2v) is 7.76. The van der Waals surface area contributed by atoms with E-state index in [-0.39, 0.29) is 0 Å². The van der Waals surface area contributed by atoms with Crippen LogP contribution in [0.1, 0.15) is 33.4 Å². The van der Waals surface area contributed by atoms with Crippen molar-refractivity contribution in [3.05, 3.63) is 100 Å². The Kier molecular flexibility index (Phi) is 8.22. The third-order valence-corrected chi connectivity index (χ3v) is 5.32. The van der Waals surface area contributed by atoms with Crippen molar-refractivity contribution < 1.29 is 39.9 Å². The smallest absolute Gasteiger partial charge is 0.332 e. The lowest BCUT2D eigenvalue weighted by atomic mass is 10.0. The number of methoxy groups -OCH3 is 1. The summed E-state index contributed by atoms with van der Waals surface area (Å²) in [7, 11) is 1.45. The fourth-order valence-electron chi connectivity index (χ4n) is 3.23. The van der Waals surface area contributed by atoms with Crippen LogP contribution in [0.2, 0.25) is 0 Å².